The van der Waals surface area contributed by atoms with Crippen molar-refractivity contribution in [3.63, 3.8) is 0 Å². The van der Waals surface area contributed by atoms with Crippen molar-refractivity contribution in [1.29, 1.82) is 0 Å². The summed E-state index contributed by atoms with van der Waals surface area (Å²) in [7, 11) is 0. The van der Waals surface area contributed by atoms with Crippen LogP contribution in [-0.2, 0) is 11.2 Å². The molecule has 2 aromatic carbocycles. The minimum absolute atomic E-state index is 0.0121. The maximum atomic E-state index is 13.5. The zero-order chi connectivity index (χ0) is 24.5. The fourth-order valence-electron chi connectivity index (χ4n) is 5.31. The molecular formula is C28H30ClN3O2S. The molecule has 0 unspecified atom stereocenters. The molecule has 3 aromatic rings. The SMILES string of the molecule is Cc1ccccc1[C@H]1c2ccsc2CCN1CC(=O)N1CCN(C(=O)c2ccc(Cl)cc2)[C@@H](C)C1. The van der Waals surface area contributed by atoms with Crippen LogP contribution in [0.5, 0.6) is 0 Å². The number of fused-ring (bicyclic) bond motifs is 1. The summed E-state index contributed by atoms with van der Waals surface area (Å²) in [5, 5.41) is 2.78. The number of benzene rings is 2. The molecule has 0 bridgehead atoms. The average Bonchev–Trinajstić information content (AvgIpc) is 3.33. The van der Waals surface area contributed by atoms with Gasteiger partial charge in [0.25, 0.3) is 5.91 Å². The van der Waals surface area contributed by atoms with Gasteiger partial charge in [-0.15, -0.1) is 11.3 Å². The third-order valence-corrected chi connectivity index (χ3v) is 8.47. The number of carbonyl (C=O) groups excluding carboxylic acids is 2. The molecule has 35 heavy (non-hydrogen) atoms. The van der Waals surface area contributed by atoms with E-state index in [0.29, 0.717) is 36.8 Å². The van der Waals surface area contributed by atoms with E-state index in [1.807, 2.05) is 28.1 Å². The van der Waals surface area contributed by atoms with Gasteiger partial charge < -0.3 is 9.80 Å². The van der Waals surface area contributed by atoms with Crippen LogP contribution in [0.3, 0.4) is 0 Å². The molecule has 0 N–H and O–H groups in total. The number of hydrogen-bond donors (Lipinski definition) is 0. The van der Waals surface area contributed by atoms with Gasteiger partial charge in [0.05, 0.1) is 12.6 Å². The first-order chi connectivity index (χ1) is 16.9. The Morgan fingerprint density at radius 2 is 1.77 bits per heavy atom. The quantitative estimate of drug-likeness (QED) is 0.497. The highest BCUT2D eigenvalue weighted by Crippen LogP contribution is 2.38. The Kier molecular flexibility index (Phi) is 6.96. The van der Waals surface area contributed by atoms with E-state index in [2.05, 4.69) is 47.5 Å². The van der Waals surface area contributed by atoms with Crippen molar-refractivity contribution in [3.05, 3.63) is 92.1 Å². The van der Waals surface area contributed by atoms with Gasteiger partial charge in [0, 0.05) is 47.7 Å². The fourth-order valence-corrected chi connectivity index (χ4v) is 6.34. The lowest BCUT2D eigenvalue weighted by atomic mass is 9.90. The second kappa shape index (κ2) is 10.1. The third-order valence-electron chi connectivity index (χ3n) is 7.22. The van der Waals surface area contributed by atoms with Crippen LogP contribution in [-0.4, -0.2) is 65.3 Å². The van der Waals surface area contributed by atoms with Crippen molar-refractivity contribution in [2.75, 3.05) is 32.7 Å². The number of thiophene rings is 1. The van der Waals surface area contributed by atoms with Gasteiger partial charge in [-0.2, -0.15) is 0 Å². The summed E-state index contributed by atoms with van der Waals surface area (Å²) >= 11 is 7.79. The molecule has 0 spiro atoms. The lowest BCUT2D eigenvalue weighted by Crippen LogP contribution is -2.57. The molecule has 1 fully saturated rings. The van der Waals surface area contributed by atoms with E-state index in [9.17, 15) is 9.59 Å². The van der Waals surface area contributed by atoms with Crippen LogP contribution in [0, 0.1) is 6.92 Å². The number of hydrogen-bond acceptors (Lipinski definition) is 4. The maximum Gasteiger partial charge on any atom is 0.254 e. The predicted molar refractivity (Wildman–Crippen MR) is 141 cm³/mol. The van der Waals surface area contributed by atoms with Gasteiger partial charge in [-0.25, -0.2) is 0 Å². The topological polar surface area (TPSA) is 43.9 Å². The highest BCUT2D eigenvalue weighted by Gasteiger charge is 2.35. The molecule has 0 saturated carbocycles. The second-order valence-corrected chi connectivity index (χ2v) is 10.9. The lowest BCUT2D eigenvalue weighted by Gasteiger charge is -2.42. The number of rotatable bonds is 4. The summed E-state index contributed by atoms with van der Waals surface area (Å²) in [6.07, 6.45) is 0.975. The van der Waals surface area contributed by atoms with Gasteiger partial charge in [-0.3, -0.25) is 14.5 Å². The molecule has 1 saturated heterocycles. The van der Waals surface area contributed by atoms with E-state index in [0.717, 1.165) is 13.0 Å². The fraction of sp³-hybridized carbons (Fsp3) is 0.357. The molecule has 1 aromatic heterocycles. The van der Waals surface area contributed by atoms with Gasteiger partial charge in [-0.05, 0) is 72.7 Å². The van der Waals surface area contributed by atoms with Crippen LogP contribution >= 0.6 is 22.9 Å². The minimum atomic E-state index is -0.0483. The molecule has 5 nitrogen and oxygen atoms in total. The molecular weight excluding hydrogens is 478 g/mol. The molecule has 0 aliphatic carbocycles. The Bertz CT molecular complexity index is 1220. The zero-order valence-electron chi connectivity index (χ0n) is 20.1. The first kappa shape index (κ1) is 24.0. The van der Waals surface area contributed by atoms with E-state index in [-0.39, 0.29) is 23.9 Å². The Morgan fingerprint density at radius 1 is 1.00 bits per heavy atom. The van der Waals surface area contributed by atoms with E-state index in [4.69, 9.17) is 11.6 Å². The number of nitrogens with zero attached hydrogens (tertiary/aromatic N) is 3. The Hall–Kier alpha value is -2.67. The summed E-state index contributed by atoms with van der Waals surface area (Å²) in [5.74, 6) is 0.120. The van der Waals surface area contributed by atoms with Gasteiger partial charge >= 0.3 is 0 Å². The van der Waals surface area contributed by atoms with E-state index >= 15 is 0 Å². The van der Waals surface area contributed by atoms with Crippen molar-refractivity contribution >= 4 is 34.8 Å². The summed E-state index contributed by atoms with van der Waals surface area (Å²) in [6.45, 7) is 7.04. The van der Waals surface area contributed by atoms with Crippen molar-refractivity contribution in [1.82, 2.24) is 14.7 Å². The molecule has 5 rings (SSSR count). The summed E-state index contributed by atoms with van der Waals surface area (Å²) in [5.41, 5.74) is 4.47. The zero-order valence-corrected chi connectivity index (χ0v) is 21.7. The molecule has 2 aliphatic heterocycles. The number of aryl methyl sites for hydroxylation is 1. The number of halogens is 1. The highest BCUT2D eigenvalue weighted by molar-refractivity contribution is 7.10. The lowest BCUT2D eigenvalue weighted by molar-refractivity contribution is -0.135. The van der Waals surface area contributed by atoms with Crippen LogP contribution in [0.4, 0.5) is 0 Å². The normalized spacial score (nSPS) is 20.5. The van der Waals surface area contributed by atoms with Gasteiger partial charge in [-0.1, -0.05) is 35.9 Å². The highest BCUT2D eigenvalue weighted by atomic mass is 35.5. The first-order valence-electron chi connectivity index (χ1n) is 12.1. The predicted octanol–water partition coefficient (Wildman–Crippen LogP) is 5.03. The minimum Gasteiger partial charge on any atom is -0.338 e. The van der Waals surface area contributed by atoms with Crippen molar-refractivity contribution in [3.8, 4) is 0 Å². The first-order valence-corrected chi connectivity index (χ1v) is 13.4. The summed E-state index contributed by atoms with van der Waals surface area (Å²) in [6, 6.07) is 17.8. The van der Waals surface area contributed by atoms with E-state index in [1.165, 1.54) is 21.6 Å². The van der Waals surface area contributed by atoms with Crippen LogP contribution in [0.1, 0.15) is 44.9 Å². The second-order valence-electron chi connectivity index (χ2n) is 9.47. The van der Waals surface area contributed by atoms with Crippen molar-refractivity contribution in [2.24, 2.45) is 0 Å². The molecule has 2 atom stereocenters. The summed E-state index contributed by atoms with van der Waals surface area (Å²) < 4.78 is 0. The van der Waals surface area contributed by atoms with Crippen LogP contribution in [0.15, 0.2) is 60.0 Å². The van der Waals surface area contributed by atoms with E-state index < -0.39 is 0 Å². The number of piperazine rings is 1. The molecule has 2 aliphatic rings. The number of amides is 2. The third kappa shape index (κ3) is 4.88. The Labute approximate surface area is 215 Å². The molecule has 182 valence electrons. The van der Waals surface area contributed by atoms with E-state index in [1.54, 1.807) is 24.3 Å². The monoisotopic (exact) mass is 507 g/mol. The smallest absolute Gasteiger partial charge is 0.254 e. The Balaban J connectivity index is 1.28. The van der Waals surface area contributed by atoms with Crippen LogP contribution in [0.25, 0.3) is 0 Å². The van der Waals surface area contributed by atoms with Crippen LogP contribution < -0.4 is 0 Å². The van der Waals surface area contributed by atoms with Crippen molar-refractivity contribution < 1.29 is 9.59 Å². The molecule has 3 heterocycles. The largest absolute Gasteiger partial charge is 0.338 e. The standard InChI is InChI=1S/C28H30ClN3O2S/c1-19-5-3-4-6-23(19)27-24-12-16-35-25(24)11-13-31(27)18-26(33)30-14-15-32(20(2)17-30)28(34)21-7-9-22(29)10-8-21/h3-10,12,16,20,27H,11,13-15,17-18H2,1-2H3/t20-,27-/m0/s1. The Morgan fingerprint density at radius 3 is 2.51 bits per heavy atom. The van der Waals surface area contributed by atoms with Crippen molar-refractivity contribution in [2.45, 2.75) is 32.4 Å². The van der Waals surface area contributed by atoms with Crippen LogP contribution in [0.2, 0.25) is 5.02 Å². The van der Waals surface area contributed by atoms with Gasteiger partial charge in [0.15, 0.2) is 0 Å². The van der Waals surface area contributed by atoms with Gasteiger partial charge in [0.1, 0.15) is 0 Å². The molecule has 0 radical (unpaired) electrons. The van der Waals surface area contributed by atoms with Gasteiger partial charge in [0.2, 0.25) is 5.91 Å². The summed E-state index contributed by atoms with van der Waals surface area (Å²) in [4.78, 5) is 34.0. The average molecular weight is 508 g/mol. The maximum absolute atomic E-state index is 13.5. The molecule has 2 amide bonds. The number of carbonyl (C=O) groups is 2. The molecule has 7 heteroatoms.